The Labute approximate surface area is 160 Å². The normalized spacial score (nSPS) is 11.4. The maximum Gasteiger partial charge on any atom is 0.430 e. The van der Waals surface area contributed by atoms with Crippen LogP contribution in [0.15, 0.2) is 42.5 Å². The van der Waals surface area contributed by atoms with Crippen LogP contribution in [-0.2, 0) is 0 Å². The topological polar surface area (TPSA) is 75.7 Å². The standard InChI is InChI=1S/C21H25N3O3/c1-20(2,3)26-17-13-16(24-22)18(27-21(4,5)6)12-15(17)23-19(25)14-10-8-7-9-11-14/h7-13H,1-6H3/p+1. The second kappa shape index (κ2) is 7.67. The van der Waals surface area contributed by atoms with Crippen LogP contribution in [0.25, 0.3) is 4.98 Å². The molecule has 6 heteroatoms. The lowest BCUT2D eigenvalue weighted by atomic mass is 10.1. The summed E-state index contributed by atoms with van der Waals surface area (Å²) in [6, 6.07) is 12.0. The molecule has 27 heavy (non-hydrogen) atoms. The van der Waals surface area contributed by atoms with Gasteiger partial charge in [0.25, 0.3) is 5.91 Å². The molecule has 0 heterocycles. The molecular formula is C21H26N3O3+. The van der Waals surface area contributed by atoms with Gasteiger partial charge >= 0.3 is 5.69 Å². The van der Waals surface area contributed by atoms with E-state index < -0.39 is 11.2 Å². The van der Waals surface area contributed by atoms with E-state index in [0.29, 0.717) is 22.7 Å². The first-order valence-electron chi connectivity index (χ1n) is 8.76. The molecule has 0 aliphatic heterocycles. The van der Waals surface area contributed by atoms with Crippen LogP contribution in [0.1, 0.15) is 51.9 Å². The van der Waals surface area contributed by atoms with Crippen molar-refractivity contribution < 1.29 is 14.3 Å². The molecule has 0 spiro atoms. The highest BCUT2D eigenvalue weighted by Crippen LogP contribution is 2.41. The SMILES string of the molecule is CC(C)(C)Oc1cc(NC(=O)c2ccccc2)c(OC(C)(C)C)cc1[N+]#N. The first-order valence-corrected chi connectivity index (χ1v) is 8.76. The van der Waals surface area contributed by atoms with Crippen molar-refractivity contribution in [2.24, 2.45) is 0 Å². The number of amides is 1. The van der Waals surface area contributed by atoms with Crippen molar-refractivity contribution in [3.05, 3.63) is 53.0 Å². The molecule has 0 unspecified atom stereocenters. The number of benzene rings is 2. The lowest BCUT2D eigenvalue weighted by Crippen LogP contribution is -2.25. The number of rotatable bonds is 4. The second-order valence-electron chi connectivity index (χ2n) is 8.17. The molecule has 0 radical (unpaired) electrons. The Morgan fingerprint density at radius 3 is 2.00 bits per heavy atom. The molecule has 2 aromatic carbocycles. The Kier molecular flexibility index (Phi) is 5.75. The average Bonchev–Trinajstić information content (AvgIpc) is 2.55. The number of carbonyl (C=O) groups is 1. The first-order chi connectivity index (χ1) is 12.5. The van der Waals surface area contributed by atoms with Gasteiger partial charge in [0.15, 0.2) is 10.7 Å². The number of carbonyl (C=O) groups excluding carboxylic acids is 1. The molecule has 2 rings (SSSR count). The Balaban J connectivity index is 2.49. The zero-order chi connectivity index (χ0) is 20.2. The largest absolute Gasteiger partial charge is 0.486 e. The highest BCUT2D eigenvalue weighted by molar-refractivity contribution is 6.05. The fraction of sp³-hybridized carbons (Fsp3) is 0.381. The van der Waals surface area contributed by atoms with Gasteiger partial charge in [-0.3, -0.25) is 4.79 Å². The monoisotopic (exact) mass is 368 g/mol. The third kappa shape index (κ3) is 6.00. The van der Waals surface area contributed by atoms with Crippen LogP contribution in [0.4, 0.5) is 11.4 Å². The summed E-state index contributed by atoms with van der Waals surface area (Å²) in [6.45, 7) is 11.3. The average molecular weight is 368 g/mol. The van der Waals surface area contributed by atoms with Gasteiger partial charge in [-0.15, -0.1) is 0 Å². The van der Waals surface area contributed by atoms with Crippen LogP contribution < -0.4 is 14.8 Å². The molecule has 6 nitrogen and oxygen atoms in total. The number of anilines is 1. The quantitative estimate of drug-likeness (QED) is 0.694. The van der Waals surface area contributed by atoms with Crippen molar-refractivity contribution in [3.63, 3.8) is 0 Å². The molecule has 0 saturated carbocycles. The van der Waals surface area contributed by atoms with E-state index in [4.69, 9.17) is 9.47 Å². The summed E-state index contributed by atoms with van der Waals surface area (Å²) in [5.41, 5.74) is 0.165. The van der Waals surface area contributed by atoms with Crippen molar-refractivity contribution in [1.82, 2.24) is 0 Å². The third-order valence-electron chi connectivity index (χ3n) is 3.29. The molecule has 0 saturated heterocycles. The second-order valence-corrected chi connectivity index (χ2v) is 8.17. The van der Waals surface area contributed by atoms with Crippen molar-refractivity contribution in [3.8, 4) is 11.5 Å². The van der Waals surface area contributed by atoms with E-state index in [9.17, 15) is 10.2 Å². The zero-order valence-corrected chi connectivity index (χ0v) is 16.7. The van der Waals surface area contributed by atoms with E-state index in [2.05, 4.69) is 10.3 Å². The molecule has 1 amide bonds. The zero-order valence-electron chi connectivity index (χ0n) is 16.7. The third-order valence-corrected chi connectivity index (χ3v) is 3.29. The van der Waals surface area contributed by atoms with E-state index in [0.717, 1.165) is 0 Å². The van der Waals surface area contributed by atoms with Crippen molar-refractivity contribution in [2.45, 2.75) is 52.7 Å². The first kappa shape index (κ1) is 20.2. The summed E-state index contributed by atoms with van der Waals surface area (Å²) in [7, 11) is 0. The fourth-order valence-corrected chi connectivity index (χ4v) is 2.33. The maximum absolute atomic E-state index is 12.6. The lowest BCUT2D eigenvalue weighted by molar-refractivity contribution is 0.102. The Hall–Kier alpha value is -3.07. The summed E-state index contributed by atoms with van der Waals surface area (Å²) in [5, 5.41) is 12.3. The Morgan fingerprint density at radius 1 is 0.926 bits per heavy atom. The van der Waals surface area contributed by atoms with Gasteiger partial charge in [0.1, 0.15) is 11.2 Å². The molecule has 0 fully saturated rings. The lowest BCUT2D eigenvalue weighted by Gasteiger charge is -2.24. The van der Waals surface area contributed by atoms with Gasteiger partial charge in [-0.2, -0.15) is 0 Å². The summed E-state index contributed by atoms with van der Waals surface area (Å²) >= 11 is 0. The highest BCUT2D eigenvalue weighted by Gasteiger charge is 2.27. The molecule has 2 aromatic rings. The molecule has 142 valence electrons. The van der Waals surface area contributed by atoms with Crippen LogP contribution >= 0.6 is 0 Å². The molecule has 0 aliphatic rings. The van der Waals surface area contributed by atoms with Crippen LogP contribution in [0.2, 0.25) is 0 Å². The van der Waals surface area contributed by atoms with Gasteiger partial charge in [0, 0.05) is 11.6 Å². The van der Waals surface area contributed by atoms with Crippen LogP contribution in [0, 0.1) is 5.39 Å². The number of hydrogen-bond acceptors (Lipinski definition) is 4. The van der Waals surface area contributed by atoms with E-state index >= 15 is 0 Å². The molecule has 0 atom stereocenters. The summed E-state index contributed by atoms with van der Waals surface area (Å²) in [5.74, 6) is 0.459. The van der Waals surface area contributed by atoms with Gasteiger partial charge in [-0.1, -0.05) is 18.2 Å². The van der Waals surface area contributed by atoms with Gasteiger partial charge < -0.3 is 14.8 Å². The number of nitrogens with one attached hydrogen (secondary N) is 1. The minimum Gasteiger partial charge on any atom is -0.486 e. The van der Waals surface area contributed by atoms with Gasteiger partial charge in [-0.25, -0.2) is 0 Å². The van der Waals surface area contributed by atoms with Gasteiger partial charge in [0.05, 0.1) is 11.8 Å². The van der Waals surface area contributed by atoms with Crippen LogP contribution in [-0.4, -0.2) is 17.1 Å². The molecule has 0 aliphatic carbocycles. The number of nitrogens with zero attached hydrogens (tertiary/aromatic N) is 2. The summed E-state index contributed by atoms with van der Waals surface area (Å²) in [6.07, 6.45) is 0. The number of hydrogen-bond donors (Lipinski definition) is 1. The Bertz CT molecular complexity index is 857. The number of diazo groups is 1. The number of ether oxygens (including phenoxy) is 2. The minimum atomic E-state index is -0.509. The van der Waals surface area contributed by atoms with Gasteiger partial charge in [0.2, 0.25) is 11.1 Å². The smallest absolute Gasteiger partial charge is 0.430 e. The fourth-order valence-electron chi connectivity index (χ4n) is 2.33. The van der Waals surface area contributed by atoms with E-state index in [1.54, 1.807) is 36.4 Å². The maximum atomic E-state index is 12.6. The van der Waals surface area contributed by atoms with Crippen LogP contribution in [0.5, 0.6) is 11.5 Å². The molecule has 0 bridgehead atoms. The molecule has 0 aromatic heterocycles. The van der Waals surface area contributed by atoms with Crippen molar-refractivity contribution >= 4 is 17.3 Å². The van der Waals surface area contributed by atoms with Gasteiger partial charge in [-0.05, 0) is 53.7 Å². The highest BCUT2D eigenvalue weighted by atomic mass is 16.5. The predicted molar refractivity (Wildman–Crippen MR) is 106 cm³/mol. The molecule has 1 N–H and O–H groups in total. The Morgan fingerprint density at radius 2 is 1.48 bits per heavy atom. The van der Waals surface area contributed by atoms with E-state index in [1.165, 1.54) is 0 Å². The summed E-state index contributed by atoms with van der Waals surface area (Å²) < 4.78 is 11.8. The van der Waals surface area contributed by atoms with Crippen molar-refractivity contribution in [2.75, 3.05) is 5.32 Å². The van der Waals surface area contributed by atoms with Crippen molar-refractivity contribution in [1.29, 1.82) is 5.39 Å². The predicted octanol–water partition coefficient (Wildman–Crippen LogP) is 5.78. The minimum absolute atomic E-state index is 0.224. The molecular weight excluding hydrogens is 342 g/mol. The van der Waals surface area contributed by atoms with E-state index in [-0.39, 0.29) is 11.6 Å². The van der Waals surface area contributed by atoms with Crippen LogP contribution in [0.3, 0.4) is 0 Å². The summed E-state index contributed by atoms with van der Waals surface area (Å²) in [4.78, 5) is 15.9. The van der Waals surface area contributed by atoms with E-state index in [1.807, 2.05) is 47.6 Å².